The van der Waals surface area contributed by atoms with Crippen LogP contribution in [0.5, 0.6) is 0 Å². The van der Waals surface area contributed by atoms with Gasteiger partial charge in [0, 0.05) is 6.04 Å². The number of carbonyl (C=O) groups excluding carboxylic acids is 1. The number of nitrogens with one attached hydrogen (secondary N) is 2. The van der Waals surface area contributed by atoms with Gasteiger partial charge < -0.3 is 15.7 Å². The van der Waals surface area contributed by atoms with Gasteiger partial charge in [0.2, 0.25) is 0 Å². The van der Waals surface area contributed by atoms with Crippen molar-refractivity contribution in [1.29, 1.82) is 0 Å². The molecule has 1 aromatic carbocycles. The molecule has 3 N–H and O–H groups in total. The van der Waals surface area contributed by atoms with E-state index in [2.05, 4.69) is 10.6 Å². The van der Waals surface area contributed by atoms with Crippen LogP contribution in [0.25, 0.3) is 0 Å². The summed E-state index contributed by atoms with van der Waals surface area (Å²) in [6, 6.07) is 3.06. The highest BCUT2D eigenvalue weighted by atomic mass is 19.1. The van der Waals surface area contributed by atoms with E-state index in [1.165, 1.54) is 12.1 Å². The van der Waals surface area contributed by atoms with Gasteiger partial charge >= 0.3 is 12.0 Å². The molecule has 1 fully saturated rings. The van der Waals surface area contributed by atoms with Crippen LogP contribution in [-0.4, -0.2) is 23.1 Å². The zero-order valence-electron chi connectivity index (χ0n) is 11.9. The van der Waals surface area contributed by atoms with Crippen LogP contribution in [-0.2, 0) is 0 Å². The number of halogens is 1. The second-order valence-corrected chi connectivity index (χ2v) is 5.40. The summed E-state index contributed by atoms with van der Waals surface area (Å²) in [4.78, 5) is 23.0. The Morgan fingerprint density at radius 3 is 2.62 bits per heavy atom. The van der Waals surface area contributed by atoms with Crippen LogP contribution in [0.1, 0.15) is 43.0 Å². The quantitative estimate of drug-likeness (QED) is 0.797. The van der Waals surface area contributed by atoms with Crippen LogP contribution in [0.2, 0.25) is 0 Å². The number of aromatic carboxylic acids is 1. The average molecular weight is 294 g/mol. The number of amides is 2. The van der Waals surface area contributed by atoms with E-state index < -0.39 is 17.8 Å². The number of benzene rings is 1. The Bertz CT molecular complexity index is 542. The number of rotatable bonds is 4. The van der Waals surface area contributed by atoms with Gasteiger partial charge in [0.1, 0.15) is 5.82 Å². The number of urea groups is 1. The van der Waals surface area contributed by atoms with Crippen molar-refractivity contribution < 1.29 is 19.1 Å². The molecule has 0 aliphatic heterocycles. The first-order valence-electron chi connectivity index (χ1n) is 7.08. The predicted molar refractivity (Wildman–Crippen MR) is 76.9 cm³/mol. The van der Waals surface area contributed by atoms with Crippen molar-refractivity contribution in [1.82, 2.24) is 5.32 Å². The summed E-state index contributed by atoms with van der Waals surface area (Å²) in [7, 11) is 0. The second-order valence-electron chi connectivity index (χ2n) is 5.40. The maximum Gasteiger partial charge on any atom is 0.337 e. The van der Waals surface area contributed by atoms with E-state index in [-0.39, 0.29) is 17.3 Å². The van der Waals surface area contributed by atoms with Crippen molar-refractivity contribution >= 4 is 17.7 Å². The van der Waals surface area contributed by atoms with Crippen molar-refractivity contribution in [3.63, 3.8) is 0 Å². The zero-order valence-corrected chi connectivity index (χ0v) is 11.9. The number of carboxylic acid groups (broad SMARTS) is 1. The van der Waals surface area contributed by atoms with E-state index in [4.69, 9.17) is 5.11 Å². The highest BCUT2D eigenvalue weighted by molar-refractivity contribution is 6.00. The lowest BCUT2D eigenvalue weighted by Gasteiger charge is -2.21. The molecular weight excluding hydrogens is 275 g/mol. The Hall–Kier alpha value is -2.11. The minimum Gasteiger partial charge on any atom is -0.478 e. The molecule has 6 heteroatoms. The Balaban J connectivity index is 2.04. The highest BCUT2D eigenvalue weighted by Crippen LogP contribution is 2.27. The van der Waals surface area contributed by atoms with Gasteiger partial charge in [0.15, 0.2) is 0 Å². The van der Waals surface area contributed by atoms with E-state index in [9.17, 15) is 14.0 Å². The van der Waals surface area contributed by atoms with Gasteiger partial charge in [0.05, 0.1) is 11.3 Å². The number of anilines is 1. The third kappa shape index (κ3) is 3.71. The fraction of sp³-hybridized carbons (Fsp3) is 0.467. The third-order valence-electron chi connectivity index (χ3n) is 3.95. The second kappa shape index (κ2) is 6.56. The molecule has 0 radical (unpaired) electrons. The summed E-state index contributed by atoms with van der Waals surface area (Å²) < 4.78 is 13.7. The molecule has 2 rings (SSSR count). The first-order chi connectivity index (χ1) is 9.99. The Morgan fingerprint density at radius 2 is 2.00 bits per heavy atom. The minimum atomic E-state index is -1.28. The molecule has 1 aliphatic carbocycles. The monoisotopic (exact) mass is 294 g/mol. The lowest BCUT2D eigenvalue weighted by molar-refractivity contribution is 0.0697. The smallest absolute Gasteiger partial charge is 0.337 e. The van der Waals surface area contributed by atoms with E-state index >= 15 is 0 Å². The third-order valence-corrected chi connectivity index (χ3v) is 3.95. The number of hydrogen-bond donors (Lipinski definition) is 3. The Kier molecular flexibility index (Phi) is 4.77. The van der Waals surface area contributed by atoms with Gasteiger partial charge in [-0.25, -0.2) is 14.0 Å². The normalized spacial score (nSPS) is 16.5. The lowest BCUT2D eigenvalue weighted by atomic mass is 10.0. The molecule has 2 amide bonds. The van der Waals surface area contributed by atoms with Crippen LogP contribution in [0.3, 0.4) is 0 Å². The van der Waals surface area contributed by atoms with Crippen molar-refractivity contribution in [3.8, 4) is 0 Å². The van der Waals surface area contributed by atoms with E-state index in [0.29, 0.717) is 5.92 Å². The van der Waals surface area contributed by atoms with Crippen LogP contribution >= 0.6 is 0 Å². The number of carbonyl (C=O) groups is 2. The summed E-state index contributed by atoms with van der Waals surface area (Å²) in [6.45, 7) is 1.91. The van der Waals surface area contributed by atoms with Crippen LogP contribution in [0, 0.1) is 11.7 Å². The van der Waals surface area contributed by atoms with Crippen molar-refractivity contribution in [2.24, 2.45) is 5.92 Å². The molecule has 114 valence electrons. The summed E-state index contributed by atoms with van der Waals surface area (Å²) in [6.07, 6.45) is 4.46. The highest BCUT2D eigenvalue weighted by Gasteiger charge is 2.23. The maximum absolute atomic E-state index is 13.7. The SMILES string of the molecule is CC(NC(=O)Nc1c(F)cccc1C(=O)O)C1CCCC1. The van der Waals surface area contributed by atoms with Gasteiger partial charge in [-0.15, -0.1) is 0 Å². The van der Waals surface area contributed by atoms with Crippen molar-refractivity contribution in [3.05, 3.63) is 29.6 Å². The van der Waals surface area contributed by atoms with E-state index in [1.807, 2.05) is 6.92 Å². The fourth-order valence-electron chi connectivity index (χ4n) is 2.76. The van der Waals surface area contributed by atoms with Gasteiger partial charge in [-0.3, -0.25) is 0 Å². The van der Waals surface area contributed by atoms with Crippen LogP contribution in [0.15, 0.2) is 18.2 Å². The summed E-state index contributed by atoms with van der Waals surface area (Å²) in [5.41, 5.74) is -0.570. The van der Waals surface area contributed by atoms with Crippen molar-refractivity contribution in [2.75, 3.05) is 5.32 Å². The predicted octanol–water partition coefficient (Wildman–Crippen LogP) is 3.22. The first kappa shape index (κ1) is 15.3. The van der Waals surface area contributed by atoms with Gasteiger partial charge in [0.25, 0.3) is 0 Å². The molecule has 1 aliphatic rings. The van der Waals surface area contributed by atoms with Crippen molar-refractivity contribution in [2.45, 2.75) is 38.6 Å². The Labute approximate surface area is 122 Å². The molecule has 1 atom stereocenters. The molecule has 0 bridgehead atoms. The summed E-state index contributed by atoms with van der Waals surface area (Å²) in [5, 5.41) is 14.1. The molecular formula is C15H19FN2O3. The minimum absolute atomic E-state index is 0.0208. The van der Waals surface area contributed by atoms with E-state index in [1.54, 1.807) is 0 Å². The number of carboxylic acids is 1. The molecule has 1 aromatic rings. The molecule has 0 saturated heterocycles. The number of para-hydroxylation sites is 1. The zero-order chi connectivity index (χ0) is 15.4. The molecule has 5 nitrogen and oxygen atoms in total. The van der Waals surface area contributed by atoms with Gasteiger partial charge in [-0.1, -0.05) is 18.9 Å². The fourth-order valence-corrected chi connectivity index (χ4v) is 2.76. The Morgan fingerprint density at radius 1 is 1.33 bits per heavy atom. The maximum atomic E-state index is 13.7. The lowest BCUT2D eigenvalue weighted by Crippen LogP contribution is -2.40. The standard InChI is InChI=1S/C15H19FN2O3/c1-9(10-5-2-3-6-10)17-15(21)18-13-11(14(19)20)7-4-8-12(13)16/h4,7-10H,2-3,5-6H2,1H3,(H,19,20)(H2,17,18,21). The van der Waals surface area contributed by atoms with Gasteiger partial charge in [-0.2, -0.15) is 0 Å². The summed E-state index contributed by atoms with van der Waals surface area (Å²) in [5.74, 6) is -1.62. The largest absolute Gasteiger partial charge is 0.478 e. The van der Waals surface area contributed by atoms with E-state index in [0.717, 1.165) is 31.7 Å². The number of hydrogen-bond acceptors (Lipinski definition) is 2. The van der Waals surface area contributed by atoms with Crippen LogP contribution in [0.4, 0.5) is 14.9 Å². The van der Waals surface area contributed by atoms with Crippen LogP contribution < -0.4 is 10.6 Å². The molecule has 0 spiro atoms. The molecule has 1 unspecified atom stereocenters. The average Bonchev–Trinajstić information content (AvgIpc) is 2.94. The molecule has 1 saturated carbocycles. The molecule has 0 heterocycles. The van der Waals surface area contributed by atoms with Gasteiger partial charge in [-0.05, 0) is 37.8 Å². The topological polar surface area (TPSA) is 78.4 Å². The molecule has 0 aromatic heterocycles. The first-order valence-corrected chi connectivity index (χ1v) is 7.08. The molecule has 21 heavy (non-hydrogen) atoms. The summed E-state index contributed by atoms with van der Waals surface area (Å²) >= 11 is 0.